The van der Waals surface area contributed by atoms with Crippen LogP contribution in [0.4, 0.5) is 14.5 Å². The maximum atomic E-state index is 13.2. The second-order valence-electron chi connectivity index (χ2n) is 4.62. The minimum absolute atomic E-state index is 0.123. The average molecular weight is 429 g/mol. The van der Waals surface area contributed by atoms with E-state index in [2.05, 4.69) is 5.32 Å². The molecule has 0 aliphatic rings. The van der Waals surface area contributed by atoms with Gasteiger partial charge in [0.25, 0.3) is 5.91 Å². The third-order valence-electron chi connectivity index (χ3n) is 2.85. The summed E-state index contributed by atoms with van der Waals surface area (Å²) in [7, 11) is 0. The maximum absolute atomic E-state index is 13.2. The lowest BCUT2D eigenvalue weighted by Crippen LogP contribution is -2.21. The zero-order chi connectivity index (χ0) is 18.7. The van der Waals surface area contributed by atoms with Crippen molar-refractivity contribution in [3.63, 3.8) is 0 Å². The van der Waals surface area contributed by atoms with Crippen molar-refractivity contribution in [1.29, 1.82) is 0 Å². The van der Waals surface area contributed by atoms with Gasteiger partial charge in [0, 0.05) is 0 Å². The molecule has 1 N–H and O–H groups in total. The molecule has 0 unspecified atom stereocenters. The quantitative estimate of drug-likeness (QED) is 0.525. The number of nitrogens with one attached hydrogen (secondary N) is 1. The molecule has 0 radical (unpaired) electrons. The Balaban J connectivity index is 2.02. The van der Waals surface area contributed by atoms with Crippen molar-refractivity contribution >= 4 is 64.0 Å². The number of hydrogen-bond donors (Lipinski definition) is 1. The van der Waals surface area contributed by atoms with Crippen LogP contribution in [0, 0.1) is 11.6 Å². The summed E-state index contributed by atoms with van der Waals surface area (Å²) in [5.74, 6) is -4.33. The van der Waals surface area contributed by atoms with Crippen molar-refractivity contribution in [2.45, 2.75) is 0 Å². The molecule has 0 aliphatic heterocycles. The Hall–Kier alpha value is -1.60. The molecule has 10 heteroatoms. The van der Waals surface area contributed by atoms with Crippen LogP contribution in [0.25, 0.3) is 0 Å². The Labute approximate surface area is 160 Å². The van der Waals surface area contributed by atoms with Crippen molar-refractivity contribution in [1.82, 2.24) is 0 Å². The summed E-state index contributed by atoms with van der Waals surface area (Å²) in [5.41, 5.74) is -0.260. The number of carbonyl (C=O) groups excluding carboxylic acids is 2. The zero-order valence-electron chi connectivity index (χ0n) is 12.0. The first-order valence-corrected chi connectivity index (χ1v) is 7.96. The van der Waals surface area contributed by atoms with Gasteiger partial charge in [-0.25, -0.2) is 13.6 Å². The van der Waals surface area contributed by atoms with Crippen LogP contribution in [0.15, 0.2) is 24.3 Å². The van der Waals surface area contributed by atoms with E-state index >= 15 is 0 Å². The average Bonchev–Trinajstić information content (AvgIpc) is 2.53. The first-order valence-electron chi connectivity index (χ1n) is 6.45. The van der Waals surface area contributed by atoms with E-state index in [1.165, 1.54) is 12.1 Å². The highest BCUT2D eigenvalue weighted by Gasteiger charge is 2.18. The minimum Gasteiger partial charge on any atom is -0.452 e. The highest BCUT2D eigenvalue weighted by Crippen LogP contribution is 2.32. The Kier molecular flexibility index (Phi) is 6.46. The van der Waals surface area contributed by atoms with Crippen molar-refractivity contribution in [3.05, 3.63) is 61.6 Å². The molecule has 1 amide bonds. The number of halogens is 6. The van der Waals surface area contributed by atoms with Gasteiger partial charge in [-0.3, -0.25) is 4.79 Å². The summed E-state index contributed by atoms with van der Waals surface area (Å²) in [4.78, 5) is 23.6. The number of esters is 1. The predicted octanol–water partition coefficient (Wildman–Crippen LogP) is 5.37. The van der Waals surface area contributed by atoms with Gasteiger partial charge < -0.3 is 10.1 Å². The van der Waals surface area contributed by atoms with Crippen molar-refractivity contribution in [3.8, 4) is 0 Å². The Morgan fingerprint density at radius 1 is 0.880 bits per heavy atom. The smallest absolute Gasteiger partial charge is 0.340 e. The van der Waals surface area contributed by atoms with Crippen LogP contribution < -0.4 is 5.32 Å². The first-order chi connectivity index (χ1) is 11.7. The molecule has 0 fully saturated rings. The summed E-state index contributed by atoms with van der Waals surface area (Å²) in [5, 5.41) is 2.49. The molecule has 0 saturated carbocycles. The molecule has 25 heavy (non-hydrogen) atoms. The number of hydrogen-bond acceptors (Lipinski definition) is 3. The van der Waals surface area contributed by atoms with Gasteiger partial charge in [-0.05, 0) is 24.3 Å². The zero-order valence-corrected chi connectivity index (χ0v) is 15.0. The highest BCUT2D eigenvalue weighted by molar-refractivity contribution is 6.44. The molecular weight excluding hydrogens is 422 g/mol. The van der Waals surface area contributed by atoms with Crippen molar-refractivity contribution in [2.24, 2.45) is 0 Å². The summed E-state index contributed by atoms with van der Waals surface area (Å²) in [6, 6.07) is 3.85. The second-order valence-corrected chi connectivity index (χ2v) is 6.25. The van der Waals surface area contributed by atoms with E-state index in [4.69, 9.17) is 51.1 Å². The van der Waals surface area contributed by atoms with Crippen molar-refractivity contribution < 1.29 is 23.1 Å². The molecule has 0 saturated heterocycles. The number of amides is 1. The number of benzene rings is 2. The molecule has 0 heterocycles. The molecule has 0 aliphatic carbocycles. The van der Waals surface area contributed by atoms with E-state index in [1.54, 1.807) is 0 Å². The summed E-state index contributed by atoms with van der Waals surface area (Å²) < 4.78 is 30.8. The second kappa shape index (κ2) is 8.19. The molecule has 0 aromatic heterocycles. The Bertz CT molecular complexity index is 861. The topological polar surface area (TPSA) is 55.4 Å². The molecule has 0 spiro atoms. The third-order valence-corrected chi connectivity index (χ3v) is 4.20. The van der Waals surface area contributed by atoms with Gasteiger partial charge in [0.1, 0.15) is 0 Å². The van der Waals surface area contributed by atoms with Gasteiger partial charge in [-0.15, -0.1) is 0 Å². The Morgan fingerprint density at radius 2 is 1.48 bits per heavy atom. The van der Waals surface area contributed by atoms with Crippen LogP contribution in [0.2, 0.25) is 20.1 Å². The summed E-state index contributed by atoms with van der Waals surface area (Å²) in [6.07, 6.45) is 0. The number of rotatable bonds is 4. The lowest BCUT2D eigenvalue weighted by atomic mass is 10.2. The van der Waals surface area contributed by atoms with E-state index in [-0.39, 0.29) is 25.8 Å². The fourth-order valence-corrected chi connectivity index (χ4v) is 2.51. The standard InChI is InChI=1S/C15H7Cl4F2NO3/c16-7-3-12(21)11(20)1-6(7)15(24)25-5-14(23)22-13-4-9(18)8(17)2-10(13)19/h1-4H,5H2,(H,22,23). The summed E-state index contributed by atoms with van der Waals surface area (Å²) in [6.45, 7) is -0.718. The van der Waals surface area contributed by atoms with Crippen LogP contribution in [-0.2, 0) is 9.53 Å². The largest absolute Gasteiger partial charge is 0.452 e. The van der Waals surface area contributed by atoms with Crippen LogP contribution >= 0.6 is 46.4 Å². The molecule has 2 rings (SSSR count). The molecule has 4 nitrogen and oxygen atoms in total. The fourth-order valence-electron chi connectivity index (χ4n) is 1.69. The Morgan fingerprint density at radius 3 is 2.16 bits per heavy atom. The third kappa shape index (κ3) is 4.95. The molecule has 2 aromatic rings. The number of ether oxygens (including phenoxy) is 1. The minimum atomic E-state index is -1.27. The van der Waals surface area contributed by atoms with Crippen LogP contribution in [-0.4, -0.2) is 18.5 Å². The molecule has 0 atom stereocenters. The lowest BCUT2D eigenvalue weighted by Gasteiger charge is -2.10. The van der Waals surface area contributed by atoms with E-state index < -0.39 is 35.7 Å². The van der Waals surface area contributed by atoms with Gasteiger partial charge >= 0.3 is 5.97 Å². The molecule has 132 valence electrons. The highest BCUT2D eigenvalue weighted by atomic mass is 35.5. The summed E-state index contributed by atoms with van der Waals surface area (Å²) >= 11 is 23.1. The van der Waals surface area contributed by atoms with Gasteiger partial charge in [0.05, 0.1) is 31.3 Å². The monoisotopic (exact) mass is 427 g/mol. The van der Waals surface area contributed by atoms with Crippen LogP contribution in [0.5, 0.6) is 0 Å². The fraction of sp³-hybridized carbons (Fsp3) is 0.0667. The van der Waals surface area contributed by atoms with E-state index in [1.807, 2.05) is 0 Å². The number of anilines is 1. The first kappa shape index (κ1) is 19.7. The number of carbonyl (C=O) groups is 2. The van der Waals surface area contributed by atoms with Gasteiger partial charge in [0.2, 0.25) is 0 Å². The van der Waals surface area contributed by atoms with Crippen molar-refractivity contribution in [2.75, 3.05) is 11.9 Å². The molecule has 2 aromatic carbocycles. The molecule has 0 bridgehead atoms. The molecular formula is C15H7Cl4F2NO3. The van der Waals surface area contributed by atoms with Crippen LogP contribution in [0.3, 0.4) is 0 Å². The van der Waals surface area contributed by atoms with E-state index in [9.17, 15) is 18.4 Å². The van der Waals surface area contributed by atoms with Gasteiger partial charge in [-0.2, -0.15) is 0 Å². The SMILES string of the molecule is O=C(COC(=O)c1cc(F)c(F)cc1Cl)Nc1cc(Cl)c(Cl)cc1Cl. The van der Waals surface area contributed by atoms with Gasteiger partial charge in [-0.1, -0.05) is 46.4 Å². The van der Waals surface area contributed by atoms with E-state index in [0.717, 1.165) is 0 Å². The lowest BCUT2D eigenvalue weighted by molar-refractivity contribution is -0.119. The predicted molar refractivity (Wildman–Crippen MR) is 91.8 cm³/mol. The van der Waals surface area contributed by atoms with E-state index in [0.29, 0.717) is 12.1 Å². The maximum Gasteiger partial charge on any atom is 0.340 e. The van der Waals surface area contributed by atoms with Gasteiger partial charge in [0.15, 0.2) is 18.2 Å². The normalized spacial score (nSPS) is 10.5. The van der Waals surface area contributed by atoms with Crippen LogP contribution in [0.1, 0.15) is 10.4 Å².